The Morgan fingerprint density at radius 2 is 1.39 bits per heavy atom. The van der Waals surface area contributed by atoms with E-state index in [1.807, 2.05) is 0 Å². The summed E-state index contributed by atoms with van der Waals surface area (Å²) in [7, 11) is 0. The second-order valence-corrected chi connectivity index (χ2v) is 13.7. The highest BCUT2D eigenvalue weighted by Gasteiger charge is 2.66. The van der Waals surface area contributed by atoms with E-state index in [2.05, 4.69) is 67.5 Å². The molecule has 1 unspecified atom stereocenters. The van der Waals surface area contributed by atoms with Crippen molar-refractivity contribution in [1.82, 2.24) is 0 Å². The molecule has 0 aromatic carbocycles. The van der Waals surface area contributed by atoms with Crippen molar-refractivity contribution >= 4 is 0 Å². The molecule has 0 spiro atoms. The molecule has 0 aromatic heterocycles. The highest BCUT2D eigenvalue weighted by atomic mass is 16.3. The van der Waals surface area contributed by atoms with Gasteiger partial charge in [0.25, 0.3) is 0 Å². The predicted octanol–water partition coefficient (Wildman–Crippen LogP) is 8.13. The Hall–Kier alpha value is -0.300. The number of rotatable bonds is 4. The Kier molecular flexibility index (Phi) is 6.29. The van der Waals surface area contributed by atoms with Crippen LogP contribution in [0.4, 0.5) is 0 Å². The normalized spacial score (nSPS) is 51.9. The lowest BCUT2D eigenvalue weighted by Gasteiger charge is -2.66. The summed E-state index contributed by atoms with van der Waals surface area (Å²) in [5.74, 6) is 5.95. The Balaban J connectivity index is 1.57. The van der Waals surface area contributed by atoms with Gasteiger partial charge in [0, 0.05) is 0 Å². The fraction of sp³-hybridized carbons (Fsp3) is 0.933. The summed E-state index contributed by atoms with van der Waals surface area (Å²) in [5.41, 5.74) is 1.45. The Labute approximate surface area is 193 Å². The molecular formula is C30H52O. The molecule has 0 heterocycles. The summed E-state index contributed by atoms with van der Waals surface area (Å²) >= 11 is 0. The van der Waals surface area contributed by atoms with Crippen LogP contribution in [-0.2, 0) is 0 Å². The average Bonchev–Trinajstić information content (AvgIpc) is 3.00. The van der Waals surface area contributed by atoms with Crippen LogP contribution in [0.15, 0.2) is 12.2 Å². The third-order valence-electron chi connectivity index (χ3n) is 12.5. The predicted molar refractivity (Wildman–Crippen MR) is 133 cm³/mol. The third-order valence-corrected chi connectivity index (χ3v) is 12.5. The largest absolute Gasteiger partial charge is 0.393 e. The maximum Gasteiger partial charge on any atom is 0.0568 e. The van der Waals surface area contributed by atoms with Gasteiger partial charge in [-0.15, -0.1) is 0 Å². The van der Waals surface area contributed by atoms with Gasteiger partial charge < -0.3 is 5.11 Å². The van der Waals surface area contributed by atoms with Gasteiger partial charge in [0.2, 0.25) is 0 Å². The Bertz CT molecular complexity index is 680. The number of fused-ring (bicyclic) bond motifs is 5. The monoisotopic (exact) mass is 428 g/mol. The molecule has 0 aromatic rings. The first kappa shape index (κ1) is 23.8. The zero-order valence-corrected chi connectivity index (χ0v) is 22.0. The van der Waals surface area contributed by atoms with Crippen molar-refractivity contribution in [3.63, 3.8) is 0 Å². The summed E-state index contributed by atoms with van der Waals surface area (Å²) in [6, 6.07) is 0. The Morgan fingerprint density at radius 1 is 0.742 bits per heavy atom. The van der Waals surface area contributed by atoms with Crippen molar-refractivity contribution in [2.75, 3.05) is 0 Å². The molecule has 1 nitrogen and oxygen atoms in total. The van der Waals surface area contributed by atoms with E-state index >= 15 is 0 Å². The summed E-state index contributed by atoms with van der Waals surface area (Å²) in [6.45, 7) is 20.0. The SMILES string of the molecule is CC(C)C(C)/C=C/[C@@H](C)[C@H]1CC[C@@]2(C)[C@@H]3CC[C@H]4[C@H](C)[C@@H](O)CC[C@]4(C)[C@H]3CC[C@]12C. The standard InChI is InChI=1S/C30H52O/c1-19(2)20(3)9-10-21(4)23-13-17-30(8)26-12-11-24-22(5)27(31)15-16-28(24,6)25(26)14-18-29(23,30)7/h9-10,19-27,31H,11-18H2,1-8H3/b10-9+/t20?,21-,22+,23-,24+,25+,26-,27+,28+,29-,30+/m1/s1. The Morgan fingerprint density at radius 3 is 2.06 bits per heavy atom. The smallest absolute Gasteiger partial charge is 0.0568 e. The first-order chi connectivity index (χ1) is 14.5. The molecule has 1 heteroatoms. The molecule has 4 aliphatic carbocycles. The van der Waals surface area contributed by atoms with E-state index in [0.29, 0.717) is 34.0 Å². The first-order valence-electron chi connectivity index (χ1n) is 13.8. The minimum Gasteiger partial charge on any atom is -0.393 e. The molecule has 11 atom stereocenters. The number of aliphatic hydroxyl groups is 1. The van der Waals surface area contributed by atoms with Crippen LogP contribution in [0.2, 0.25) is 0 Å². The van der Waals surface area contributed by atoms with E-state index in [1.165, 1.54) is 44.9 Å². The maximum absolute atomic E-state index is 10.6. The van der Waals surface area contributed by atoms with E-state index < -0.39 is 0 Å². The van der Waals surface area contributed by atoms with Crippen LogP contribution in [0.3, 0.4) is 0 Å². The van der Waals surface area contributed by atoms with Crippen molar-refractivity contribution in [2.45, 2.75) is 113 Å². The summed E-state index contributed by atoms with van der Waals surface area (Å²) in [6.07, 6.45) is 15.8. The van der Waals surface area contributed by atoms with Crippen molar-refractivity contribution in [3.8, 4) is 0 Å². The van der Waals surface area contributed by atoms with Gasteiger partial charge in [0.15, 0.2) is 0 Å². The van der Waals surface area contributed by atoms with Crippen LogP contribution >= 0.6 is 0 Å². The number of aliphatic hydroxyl groups excluding tert-OH is 1. The van der Waals surface area contributed by atoms with Crippen LogP contribution in [0, 0.1) is 63.6 Å². The van der Waals surface area contributed by atoms with Gasteiger partial charge in [-0.05, 0) is 115 Å². The summed E-state index contributed by atoms with van der Waals surface area (Å²) < 4.78 is 0. The van der Waals surface area contributed by atoms with Crippen molar-refractivity contribution in [2.24, 2.45) is 63.6 Å². The van der Waals surface area contributed by atoms with Crippen LogP contribution in [0.1, 0.15) is 107 Å². The lowest BCUT2D eigenvalue weighted by atomic mass is 9.39. The molecule has 4 aliphatic rings. The zero-order chi connectivity index (χ0) is 22.8. The lowest BCUT2D eigenvalue weighted by Crippen LogP contribution is -2.59. The van der Waals surface area contributed by atoms with Crippen LogP contribution < -0.4 is 0 Å². The van der Waals surface area contributed by atoms with Gasteiger partial charge in [0.1, 0.15) is 0 Å². The minimum absolute atomic E-state index is 0.0594. The second-order valence-electron chi connectivity index (χ2n) is 13.7. The van der Waals surface area contributed by atoms with Crippen LogP contribution in [0.25, 0.3) is 0 Å². The number of hydrogen-bond donors (Lipinski definition) is 1. The number of allylic oxidation sites excluding steroid dienone is 2. The molecule has 178 valence electrons. The molecule has 4 saturated carbocycles. The summed E-state index contributed by atoms with van der Waals surface area (Å²) in [4.78, 5) is 0. The van der Waals surface area contributed by atoms with Gasteiger partial charge in [-0.2, -0.15) is 0 Å². The molecule has 0 aliphatic heterocycles. The fourth-order valence-electron chi connectivity index (χ4n) is 9.71. The van der Waals surface area contributed by atoms with Crippen LogP contribution in [0.5, 0.6) is 0 Å². The van der Waals surface area contributed by atoms with Crippen molar-refractivity contribution in [1.29, 1.82) is 0 Å². The van der Waals surface area contributed by atoms with E-state index in [-0.39, 0.29) is 6.10 Å². The molecule has 0 saturated heterocycles. The molecule has 1 N–H and O–H groups in total. The van der Waals surface area contributed by atoms with Gasteiger partial charge in [0.05, 0.1) is 6.10 Å². The zero-order valence-electron chi connectivity index (χ0n) is 22.0. The molecule has 0 amide bonds. The lowest BCUT2D eigenvalue weighted by molar-refractivity contribution is -0.178. The fourth-order valence-corrected chi connectivity index (χ4v) is 9.71. The maximum atomic E-state index is 10.6. The van der Waals surface area contributed by atoms with Gasteiger partial charge in [-0.3, -0.25) is 0 Å². The minimum atomic E-state index is -0.0594. The van der Waals surface area contributed by atoms with Gasteiger partial charge in [-0.25, -0.2) is 0 Å². The third kappa shape index (κ3) is 3.50. The second kappa shape index (κ2) is 8.18. The topological polar surface area (TPSA) is 20.2 Å². The average molecular weight is 429 g/mol. The molecule has 0 bridgehead atoms. The quantitative estimate of drug-likeness (QED) is 0.448. The van der Waals surface area contributed by atoms with Crippen molar-refractivity contribution in [3.05, 3.63) is 12.2 Å². The highest BCUT2D eigenvalue weighted by molar-refractivity contribution is 5.16. The highest BCUT2D eigenvalue weighted by Crippen LogP contribution is 2.73. The molecule has 4 fully saturated rings. The van der Waals surface area contributed by atoms with E-state index in [1.54, 1.807) is 0 Å². The summed E-state index contributed by atoms with van der Waals surface area (Å²) in [5, 5.41) is 10.6. The van der Waals surface area contributed by atoms with E-state index in [9.17, 15) is 5.11 Å². The van der Waals surface area contributed by atoms with E-state index in [4.69, 9.17) is 0 Å². The van der Waals surface area contributed by atoms with Crippen LogP contribution in [-0.4, -0.2) is 11.2 Å². The molecule has 31 heavy (non-hydrogen) atoms. The van der Waals surface area contributed by atoms with Crippen molar-refractivity contribution < 1.29 is 5.11 Å². The molecule has 4 rings (SSSR count). The van der Waals surface area contributed by atoms with Gasteiger partial charge >= 0.3 is 0 Å². The molecule has 0 radical (unpaired) electrons. The first-order valence-corrected chi connectivity index (χ1v) is 13.8. The van der Waals surface area contributed by atoms with E-state index in [0.717, 1.165) is 36.0 Å². The van der Waals surface area contributed by atoms with Gasteiger partial charge in [-0.1, -0.05) is 67.5 Å². The number of hydrogen-bond acceptors (Lipinski definition) is 1. The molecular weight excluding hydrogens is 376 g/mol.